The molecule has 1 aromatic heterocycles. The van der Waals surface area contributed by atoms with Crippen LogP contribution in [-0.2, 0) is 16.6 Å². The lowest BCUT2D eigenvalue weighted by atomic mass is 10.1. The number of nitrogens with one attached hydrogen (secondary N) is 1. The Balaban J connectivity index is 0.000000471. The van der Waals surface area contributed by atoms with Gasteiger partial charge in [0.2, 0.25) is 11.8 Å². The van der Waals surface area contributed by atoms with Crippen LogP contribution in [0.15, 0.2) is 60.0 Å². The highest BCUT2D eigenvalue weighted by Gasteiger charge is 2.31. The van der Waals surface area contributed by atoms with E-state index < -0.39 is 11.9 Å². The molecule has 1 unspecified atom stereocenters. The van der Waals surface area contributed by atoms with Crippen molar-refractivity contribution in [2.45, 2.75) is 105 Å². The van der Waals surface area contributed by atoms with E-state index in [1.165, 1.54) is 23.8 Å². The molecule has 3 rings (SSSR count). The first-order valence-corrected chi connectivity index (χ1v) is 16.4. The number of carbonyl (C=O) groups is 2. The van der Waals surface area contributed by atoms with Gasteiger partial charge in [0.05, 0.1) is 11.0 Å². The fraction of sp³-hybridized carbons (Fsp3) is 0.541. The summed E-state index contributed by atoms with van der Waals surface area (Å²) in [6.45, 7) is 18.4. The average Bonchev–Trinajstić information content (AvgIpc) is 3.25. The van der Waals surface area contributed by atoms with Crippen molar-refractivity contribution in [3.8, 4) is 11.8 Å². The minimum atomic E-state index is -0.645. The van der Waals surface area contributed by atoms with Gasteiger partial charge in [0, 0.05) is 38.7 Å². The molecule has 1 atom stereocenters. The molecule has 0 aliphatic carbocycles. The summed E-state index contributed by atoms with van der Waals surface area (Å²) in [5.74, 6) is 5.94. The molecule has 242 valence electrons. The number of unbranched alkanes of at least 4 members (excludes halogenated alkanes) is 3. The molecule has 1 saturated heterocycles. The van der Waals surface area contributed by atoms with E-state index in [0.29, 0.717) is 12.3 Å². The van der Waals surface area contributed by atoms with Crippen molar-refractivity contribution in [2.75, 3.05) is 18.0 Å². The second-order valence-corrected chi connectivity index (χ2v) is 11.3. The minimum absolute atomic E-state index is 0.234. The predicted octanol–water partition coefficient (Wildman–Crippen LogP) is 7.87. The van der Waals surface area contributed by atoms with E-state index in [1.54, 1.807) is 11.6 Å². The maximum atomic E-state index is 12.8. The topological polar surface area (TPSA) is 76.3 Å². The van der Waals surface area contributed by atoms with Crippen LogP contribution in [0.4, 0.5) is 5.69 Å². The number of allylic oxidation sites excluding steroid dienone is 5. The van der Waals surface area contributed by atoms with E-state index in [0.717, 1.165) is 55.5 Å². The maximum absolute atomic E-state index is 12.8. The van der Waals surface area contributed by atoms with Crippen LogP contribution in [0.5, 0.6) is 0 Å². The first-order chi connectivity index (χ1) is 21.2. The fourth-order valence-electron chi connectivity index (χ4n) is 4.58. The van der Waals surface area contributed by atoms with E-state index in [4.69, 9.17) is 0 Å². The summed E-state index contributed by atoms with van der Waals surface area (Å²) in [7, 11) is 1.72. The number of imidazole rings is 1. The number of hydrogen-bond donors (Lipinski definition) is 1. The molecule has 0 spiro atoms. The molecule has 1 aromatic carbocycles. The molecule has 7 nitrogen and oxygen atoms in total. The summed E-state index contributed by atoms with van der Waals surface area (Å²) in [6, 6.07) is 5.29. The number of fused-ring (bicyclic) bond motifs is 1. The number of amides is 2. The lowest BCUT2D eigenvalue weighted by molar-refractivity contribution is -0.135. The molecule has 1 aliphatic heterocycles. The zero-order valence-corrected chi connectivity index (χ0v) is 28.3. The highest BCUT2D eigenvalue weighted by Crippen LogP contribution is 2.26. The number of aryl methyl sites for hydroxylation is 1. The van der Waals surface area contributed by atoms with Gasteiger partial charge in [0.15, 0.2) is 0 Å². The third-order valence-electron chi connectivity index (χ3n) is 7.22. The Labute approximate surface area is 266 Å². The van der Waals surface area contributed by atoms with Crippen LogP contribution in [-0.4, -0.2) is 34.0 Å². The predicted molar refractivity (Wildman–Crippen MR) is 187 cm³/mol. The number of piperidine rings is 1. The van der Waals surface area contributed by atoms with E-state index >= 15 is 0 Å². The molecule has 1 N–H and O–H groups in total. The second-order valence-electron chi connectivity index (χ2n) is 11.3. The summed E-state index contributed by atoms with van der Waals surface area (Å²) in [5.41, 5.74) is 2.36. The van der Waals surface area contributed by atoms with Gasteiger partial charge in [0.25, 0.3) is 0 Å². The number of benzene rings is 1. The summed E-state index contributed by atoms with van der Waals surface area (Å²) >= 11 is 0. The van der Waals surface area contributed by atoms with Crippen molar-refractivity contribution in [2.24, 2.45) is 13.0 Å². The number of anilines is 1. The Morgan fingerprint density at radius 2 is 1.84 bits per heavy atom. The molecule has 0 saturated carbocycles. The van der Waals surface area contributed by atoms with Gasteiger partial charge in [-0.2, -0.15) is 0 Å². The van der Waals surface area contributed by atoms with E-state index in [1.807, 2.05) is 42.5 Å². The van der Waals surface area contributed by atoms with Crippen molar-refractivity contribution >= 4 is 28.5 Å². The lowest BCUT2D eigenvalue weighted by Crippen LogP contribution is -2.44. The van der Waals surface area contributed by atoms with Gasteiger partial charge in [-0.15, -0.1) is 6.58 Å². The largest absolute Gasteiger partial charge is 0.372 e. The summed E-state index contributed by atoms with van der Waals surface area (Å²) in [6.07, 6.45) is 18.7. The molecule has 0 bridgehead atoms. The van der Waals surface area contributed by atoms with Crippen LogP contribution in [0.25, 0.3) is 11.0 Å². The number of aromatic nitrogens is 2. The van der Waals surface area contributed by atoms with Crippen molar-refractivity contribution in [3.63, 3.8) is 0 Å². The van der Waals surface area contributed by atoms with Gasteiger partial charge in [-0.3, -0.25) is 24.0 Å². The summed E-state index contributed by atoms with van der Waals surface area (Å²) in [4.78, 5) is 38.8. The first kappa shape index (κ1) is 38.2. The van der Waals surface area contributed by atoms with Crippen molar-refractivity contribution in [1.82, 2.24) is 14.5 Å². The van der Waals surface area contributed by atoms with Crippen molar-refractivity contribution in [1.29, 1.82) is 0 Å². The summed E-state index contributed by atoms with van der Waals surface area (Å²) < 4.78 is 3.10. The molecular weight excluding hydrogens is 548 g/mol. The van der Waals surface area contributed by atoms with Gasteiger partial charge in [-0.25, -0.2) is 4.79 Å². The third kappa shape index (κ3) is 12.8. The molecular formula is C37H56N4O3. The Kier molecular flexibility index (Phi) is 19.0. The number of nitrogens with zero attached hydrogens (tertiary/aromatic N) is 3. The second kappa shape index (κ2) is 21.8. The third-order valence-corrected chi connectivity index (χ3v) is 7.22. The van der Waals surface area contributed by atoms with Crippen LogP contribution >= 0.6 is 0 Å². The molecule has 2 aromatic rings. The van der Waals surface area contributed by atoms with Crippen LogP contribution in [0.3, 0.4) is 0 Å². The van der Waals surface area contributed by atoms with Gasteiger partial charge >= 0.3 is 5.69 Å². The SMILES string of the molecule is C=CCCCC.CC/C=C/C=C/C#CCCC.CCN(CCC(C)C)c1ccc2c(c1)n(C)c(=O)n2C1CCC(=O)NC1=O. The first-order valence-electron chi connectivity index (χ1n) is 16.4. The lowest BCUT2D eigenvalue weighted by Gasteiger charge is -2.24. The van der Waals surface area contributed by atoms with Crippen LogP contribution in [0.2, 0.25) is 0 Å². The van der Waals surface area contributed by atoms with Gasteiger partial charge in [-0.1, -0.05) is 83.6 Å². The zero-order chi connectivity index (χ0) is 32.9. The van der Waals surface area contributed by atoms with Crippen molar-refractivity contribution in [3.05, 3.63) is 65.6 Å². The van der Waals surface area contributed by atoms with Gasteiger partial charge in [0.1, 0.15) is 6.04 Å². The van der Waals surface area contributed by atoms with E-state index in [9.17, 15) is 14.4 Å². The molecule has 2 amide bonds. The average molecular weight is 605 g/mol. The standard InChI is InChI=1S/C20H28N4O3.C11H16.C6H12/c1-5-23(11-10-13(2)3)14-6-7-15-17(12-14)22(4)20(27)24(15)16-8-9-18(25)21-19(16)26;1-3-5-7-9-11-10-8-6-4-2;1-3-5-6-4-2/h6-7,12-13,16H,5,8-11H2,1-4H3,(H,21,25,26);5,7,9,11H,3-4,6H2,1-2H3;3H,1,4-6H2,2H3/b;7-5+,11-9+;. The molecule has 1 aliphatic rings. The fourth-order valence-corrected chi connectivity index (χ4v) is 4.58. The minimum Gasteiger partial charge on any atom is -0.372 e. The normalized spacial score (nSPS) is 14.5. The Morgan fingerprint density at radius 1 is 1.09 bits per heavy atom. The van der Waals surface area contributed by atoms with Crippen LogP contribution in [0, 0.1) is 17.8 Å². The number of carbonyl (C=O) groups excluding carboxylic acids is 2. The van der Waals surface area contributed by atoms with Gasteiger partial charge in [-0.05, 0) is 69.2 Å². The molecule has 44 heavy (non-hydrogen) atoms. The van der Waals surface area contributed by atoms with Crippen LogP contribution < -0.4 is 15.9 Å². The molecule has 7 heteroatoms. The number of imide groups is 1. The summed E-state index contributed by atoms with van der Waals surface area (Å²) in [5, 5.41) is 2.34. The van der Waals surface area contributed by atoms with Crippen molar-refractivity contribution < 1.29 is 9.59 Å². The van der Waals surface area contributed by atoms with E-state index in [2.05, 4.69) is 76.3 Å². The van der Waals surface area contributed by atoms with E-state index in [-0.39, 0.29) is 18.0 Å². The molecule has 0 radical (unpaired) electrons. The molecule has 1 fully saturated rings. The Bertz CT molecular complexity index is 1350. The zero-order valence-electron chi connectivity index (χ0n) is 28.3. The smallest absolute Gasteiger partial charge is 0.329 e. The monoisotopic (exact) mass is 604 g/mol. The molecule has 2 heterocycles. The van der Waals surface area contributed by atoms with Gasteiger partial charge < -0.3 is 4.90 Å². The maximum Gasteiger partial charge on any atom is 0.329 e. The number of hydrogen-bond acceptors (Lipinski definition) is 4. The Hall–Kier alpha value is -3.79. The Morgan fingerprint density at radius 3 is 2.41 bits per heavy atom. The quantitative estimate of drug-likeness (QED) is 0.0880. The van der Waals surface area contributed by atoms with Crippen LogP contribution in [0.1, 0.15) is 105 Å². The highest BCUT2D eigenvalue weighted by atomic mass is 16.2. The number of rotatable bonds is 12. The highest BCUT2D eigenvalue weighted by molar-refractivity contribution is 6.00.